The van der Waals surface area contributed by atoms with E-state index in [9.17, 15) is 5.11 Å². The molecule has 0 amide bonds. The number of hydrogen-bond donors (Lipinski definition) is 2. The second kappa shape index (κ2) is 9.43. The van der Waals surface area contributed by atoms with Crippen LogP contribution in [0.15, 0.2) is 24.8 Å². The van der Waals surface area contributed by atoms with Crippen molar-refractivity contribution in [2.24, 2.45) is 5.92 Å². The summed E-state index contributed by atoms with van der Waals surface area (Å²) in [6, 6.07) is 3.86. The van der Waals surface area contributed by atoms with Crippen molar-refractivity contribution in [2.75, 3.05) is 27.9 Å². The van der Waals surface area contributed by atoms with E-state index in [2.05, 4.69) is 25.7 Å². The van der Waals surface area contributed by atoms with Crippen LogP contribution < -0.4 is 19.5 Å². The van der Waals surface area contributed by atoms with Crippen LogP contribution in [0.4, 0.5) is 0 Å². The minimum atomic E-state index is -0.000888. The molecule has 0 aliphatic carbocycles. The van der Waals surface area contributed by atoms with E-state index >= 15 is 0 Å². The lowest BCUT2D eigenvalue weighted by Crippen LogP contribution is -2.39. The first kappa shape index (κ1) is 19.3. The van der Waals surface area contributed by atoms with Crippen molar-refractivity contribution in [3.63, 3.8) is 0 Å². The number of ether oxygens (including phenoxy) is 3. The molecule has 0 unspecified atom stereocenters. The van der Waals surface area contributed by atoms with E-state index in [1.807, 2.05) is 18.2 Å². The highest BCUT2D eigenvalue weighted by Gasteiger charge is 2.21. The Hall–Kier alpha value is -1.72. The molecule has 0 spiro atoms. The fourth-order valence-electron chi connectivity index (χ4n) is 2.48. The lowest BCUT2D eigenvalue weighted by atomic mass is 9.98. The highest BCUT2D eigenvalue weighted by Crippen LogP contribution is 2.40. The Morgan fingerprint density at radius 1 is 1.13 bits per heavy atom. The predicted molar refractivity (Wildman–Crippen MR) is 92.5 cm³/mol. The zero-order chi connectivity index (χ0) is 17.4. The molecule has 1 aromatic rings. The molecule has 0 aromatic heterocycles. The van der Waals surface area contributed by atoms with Gasteiger partial charge in [-0.05, 0) is 30.0 Å². The van der Waals surface area contributed by atoms with Crippen LogP contribution in [0.1, 0.15) is 31.9 Å². The summed E-state index contributed by atoms with van der Waals surface area (Å²) in [5.41, 5.74) is 0.999. The standard InChI is InChI=1S/C18H29NO4/c1-7-8-14(19-15(11-20)12(2)3)13-9-16(21-4)18(23-6)17(10-13)22-5/h7,9-10,12,14-15,19-20H,1,8,11H2,2-6H3/t14-,15+/m0/s1. The van der Waals surface area contributed by atoms with Gasteiger partial charge in [0.2, 0.25) is 5.75 Å². The molecule has 23 heavy (non-hydrogen) atoms. The Kier molecular flexibility index (Phi) is 7.92. The Morgan fingerprint density at radius 3 is 2.04 bits per heavy atom. The summed E-state index contributed by atoms with van der Waals surface area (Å²) in [5, 5.41) is 13.1. The molecule has 0 fully saturated rings. The van der Waals surface area contributed by atoms with Gasteiger partial charge < -0.3 is 24.6 Å². The summed E-state index contributed by atoms with van der Waals surface area (Å²) in [6.07, 6.45) is 2.58. The summed E-state index contributed by atoms with van der Waals surface area (Å²) in [4.78, 5) is 0. The minimum Gasteiger partial charge on any atom is -0.493 e. The third kappa shape index (κ3) is 4.88. The average Bonchev–Trinajstić information content (AvgIpc) is 2.56. The van der Waals surface area contributed by atoms with E-state index in [1.165, 1.54) is 0 Å². The van der Waals surface area contributed by atoms with Crippen molar-refractivity contribution in [3.05, 3.63) is 30.4 Å². The highest BCUT2D eigenvalue weighted by molar-refractivity contribution is 5.54. The van der Waals surface area contributed by atoms with Crippen molar-refractivity contribution >= 4 is 0 Å². The smallest absolute Gasteiger partial charge is 0.203 e. The second-order valence-electron chi connectivity index (χ2n) is 5.74. The van der Waals surface area contributed by atoms with Crippen LogP contribution in [0.25, 0.3) is 0 Å². The highest BCUT2D eigenvalue weighted by atomic mass is 16.5. The van der Waals surface area contributed by atoms with E-state index in [1.54, 1.807) is 21.3 Å². The minimum absolute atomic E-state index is 0.000700. The van der Waals surface area contributed by atoms with Crippen LogP contribution in [-0.2, 0) is 0 Å². The number of benzene rings is 1. The zero-order valence-corrected chi connectivity index (χ0v) is 14.8. The summed E-state index contributed by atoms with van der Waals surface area (Å²) in [5.74, 6) is 2.11. The molecular weight excluding hydrogens is 294 g/mol. The van der Waals surface area contributed by atoms with E-state index in [0.717, 1.165) is 12.0 Å². The number of rotatable bonds is 10. The van der Waals surface area contributed by atoms with Gasteiger partial charge in [-0.2, -0.15) is 0 Å². The average molecular weight is 323 g/mol. The van der Waals surface area contributed by atoms with Gasteiger partial charge in [0.15, 0.2) is 11.5 Å². The van der Waals surface area contributed by atoms with Gasteiger partial charge in [-0.25, -0.2) is 0 Å². The number of hydrogen-bond acceptors (Lipinski definition) is 5. The van der Waals surface area contributed by atoms with Crippen LogP contribution in [0.5, 0.6) is 17.2 Å². The molecule has 130 valence electrons. The van der Waals surface area contributed by atoms with Gasteiger partial charge in [-0.1, -0.05) is 19.9 Å². The molecule has 0 saturated heterocycles. The molecule has 0 radical (unpaired) electrons. The van der Waals surface area contributed by atoms with Gasteiger partial charge in [-0.3, -0.25) is 0 Å². The van der Waals surface area contributed by atoms with Gasteiger partial charge in [0, 0.05) is 12.1 Å². The molecule has 2 atom stereocenters. The Bertz CT molecular complexity index is 477. The van der Waals surface area contributed by atoms with Crippen LogP contribution in [-0.4, -0.2) is 39.1 Å². The molecule has 2 N–H and O–H groups in total. The zero-order valence-electron chi connectivity index (χ0n) is 14.8. The van der Waals surface area contributed by atoms with Gasteiger partial charge in [0.25, 0.3) is 0 Å². The van der Waals surface area contributed by atoms with Crippen LogP contribution >= 0.6 is 0 Å². The molecule has 0 aliphatic rings. The maximum absolute atomic E-state index is 9.59. The predicted octanol–water partition coefficient (Wildman–Crippen LogP) is 2.94. The van der Waals surface area contributed by atoms with Gasteiger partial charge >= 0.3 is 0 Å². The quantitative estimate of drug-likeness (QED) is 0.648. The molecule has 5 heteroatoms. The summed E-state index contributed by atoms with van der Waals surface area (Å²) >= 11 is 0. The summed E-state index contributed by atoms with van der Waals surface area (Å²) in [7, 11) is 4.78. The summed E-state index contributed by atoms with van der Waals surface area (Å²) < 4.78 is 16.2. The van der Waals surface area contributed by atoms with Gasteiger partial charge in [0.1, 0.15) is 0 Å². The number of aliphatic hydroxyl groups excluding tert-OH is 1. The molecule has 0 saturated carbocycles. The molecule has 0 bridgehead atoms. The SMILES string of the molecule is C=CC[C@H](N[C@H](CO)C(C)C)c1cc(OC)c(OC)c(OC)c1. The summed E-state index contributed by atoms with van der Waals surface area (Å²) in [6.45, 7) is 8.07. The van der Waals surface area contributed by atoms with Gasteiger partial charge in [0.05, 0.1) is 27.9 Å². The number of methoxy groups -OCH3 is 3. The van der Waals surface area contributed by atoms with E-state index in [4.69, 9.17) is 14.2 Å². The lowest BCUT2D eigenvalue weighted by molar-refractivity contribution is 0.199. The number of aliphatic hydroxyl groups is 1. The van der Waals surface area contributed by atoms with E-state index in [-0.39, 0.29) is 18.7 Å². The third-order valence-electron chi connectivity index (χ3n) is 3.91. The maximum Gasteiger partial charge on any atom is 0.203 e. The molecule has 0 aliphatic heterocycles. The van der Waals surface area contributed by atoms with Crippen LogP contribution in [0.2, 0.25) is 0 Å². The first-order valence-electron chi connectivity index (χ1n) is 7.80. The van der Waals surface area contributed by atoms with Gasteiger partial charge in [-0.15, -0.1) is 6.58 Å². The second-order valence-corrected chi connectivity index (χ2v) is 5.74. The molecule has 1 aromatic carbocycles. The molecule has 5 nitrogen and oxygen atoms in total. The lowest BCUT2D eigenvalue weighted by Gasteiger charge is -2.27. The number of nitrogens with one attached hydrogen (secondary N) is 1. The normalized spacial score (nSPS) is 13.5. The van der Waals surface area contributed by atoms with Crippen LogP contribution in [0.3, 0.4) is 0 Å². The molecule has 1 rings (SSSR count). The monoisotopic (exact) mass is 323 g/mol. The Balaban J connectivity index is 3.23. The largest absolute Gasteiger partial charge is 0.493 e. The van der Waals surface area contributed by atoms with E-state index in [0.29, 0.717) is 23.2 Å². The molecule has 0 heterocycles. The Labute approximate surface area is 139 Å². The third-order valence-corrected chi connectivity index (χ3v) is 3.91. The topological polar surface area (TPSA) is 60.0 Å². The fourth-order valence-corrected chi connectivity index (χ4v) is 2.48. The first-order valence-corrected chi connectivity index (χ1v) is 7.80. The molecular formula is C18H29NO4. The first-order chi connectivity index (χ1) is 11.0. The van der Waals surface area contributed by atoms with E-state index < -0.39 is 0 Å². The van der Waals surface area contributed by atoms with Crippen molar-refractivity contribution in [3.8, 4) is 17.2 Å². The maximum atomic E-state index is 9.59. The fraction of sp³-hybridized carbons (Fsp3) is 0.556. The van der Waals surface area contributed by atoms with Crippen molar-refractivity contribution in [1.29, 1.82) is 0 Å². The van der Waals surface area contributed by atoms with Crippen LogP contribution in [0, 0.1) is 5.92 Å². The van der Waals surface area contributed by atoms with Crippen molar-refractivity contribution < 1.29 is 19.3 Å². The Morgan fingerprint density at radius 2 is 1.70 bits per heavy atom. The van der Waals surface area contributed by atoms with Crippen molar-refractivity contribution in [2.45, 2.75) is 32.4 Å². The van der Waals surface area contributed by atoms with Crippen molar-refractivity contribution in [1.82, 2.24) is 5.32 Å².